The highest BCUT2D eigenvalue weighted by molar-refractivity contribution is 7.10. The molecule has 7 heteroatoms. The molecule has 0 unspecified atom stereocenters. The fourth-order valence-corrected chi connectivity index (χ4v) is 5.61. The SMILES string of the molecule is Cc1nc2ccccn2c1-c1csc(C2(c3ccc(C(=O)Nc4ccccc4N)cc3)CC2)n1. The number of nitrogens with two attached hydrogens (primary N) is 1. The Hall–Kier alpha value is -3.97. The Balaban J connectivity index is 1.27. The number of aryl methyl sites for hydroxylation is 1. The van der Waals surface area contributed by atoms with Gasteiger partial charge in [-0.25, -0.2) is 9.97 Å². The van der Waals surface area contributed by atoms with E-state index in [1.54, 1.807) is 23.5 Å². The molecule has 3 aromatic heterocycles. The third-order valence-electron chi connectivity index (χ3n) is 6.52. The van der Waals surface area contributed by atoms with Gasteiger partial charge in [-0.15, -0.1) is 11.3 Å². The fourth-order valence-electron chi connectivity index (χ4n) is 4.52. The molecule has 1 fully saturated rings. The maximum atomic E-state index is 12.7. The molecule has 3 heterocycles. The number of hydrogen-bond acceptors (Lipinski definition) is 5. The summed E-state index contributed by atoms with van der Waals surface area (Å²) >= 11 is 1.70. The van der Waals surface area contributed by atoms with E-state index in [9.17, 15) is 4.79 Å². The normalized spacial score (nSPS) is 14.3. The van der Waals surface area contributed by atoms with Crippen molar-refractivity contribution in [3.05, 3.63) is 100 Å². The Bertz CT molecular complexity index is 1530. The van der Waals surface area contributed by atoms with Crippen LogP contribution in [0, 0.1) is 6.92 Å². The maximum absolute atomic E-state index is 12.7. The number of benzene rings is 2. The van der Waals surface area contributed by atoms with Gasteiger partial charge in [-0.3, -0.25) is 9.20 Å². The average molecular weight is 466 g/mol. The van der Waals surface area contributed by atoms with E-state index in [4.69, 9.17) is 10.7 Å². The number of carbonyl (C=O) groups excluding carboxylic acids is 1. The maximum Gasteiger partial charge on any atom is 0.255 e. The number of nitrogens with one attached hydrogen (secondary N) is 1. The van der Waals surface area contributed by atoms with Crippen LogP contribution in [0.5, 0.6) is 0 Å². The third-order valence-corrected chi connectivity index (χ3v) is 7.57. The first-order valence-corrected chi connectivity index (χ1v) is 12.1. The molecule has 1 saturated carbocycles. The first kappa shape index (κ1) is 20.6. The van der Waals surface area contributed by atoms with Gasteiger partial charge in [0.1, 0.15) is 16.3 Å². The van der Waals surface area contributed by atoms with Gasteiger partial charge >= 0.3 is 0 Å². The van der Waals surface area contributed by atoms with Gasteiger partial charge in [0.15, 0.2) is 0 Å². The van der Waals surface area contributed by atoms with Crippen molar-refractivity contribution in [2.24, 2.45) is 0 Å². The van der Waals surface area contributed by atoms with E-state index in [2.05, 4.69) is 32.2 Å². The summed E-state index contributed by atoms with van der Waals surface area (Å²) in [6.45, 7) is 2.03. The lowest BCUT2D eigenvalue weighted by atomic mass is 9.95. The molecular formula is C27H23N5OS. The van der Waals surface area contributed by atoms with Crippen molar-refractivity contribution >= 4 is 34.3 Å². The molecule has 168 valence electrons. The summed E-state index contributed by atoms with van der Waals surface area (Å²) in [5.41, 5.74) is 12.7. The van der Waals surface area contributed by atoms with Gasteiger partial charge in [-0.2, -0.15) is 0 Å². The van der Waals surface area contributed by atoms with E-state index >= 15 is 0 Å². The summed E-state index contributed by atoms with van der Waals surface area (Å²) in [4.78, 5) is 22.4. The van der Waals surface area contributed by atoms with Crippen molar-refractivity contribution in [3.8, 4) is 11.4 Å². The molecule has 0 spiro atoms. The molecule has 0 saturated heterocycles. The minimum Gasteiger partial charge on any atom is -0.397 e. The number of para-hydroxylation sites is 2. The van der Waals surface area contributed by atoms with Crippen molar-refractivity contribution in [2.75, 3.05) is 11.1 Å². The number of aromatic nitrogens is 3. The molecule has 1 aliphatic carbocycles. The van der Waals surface area contributed by atoms with E-state index in [1.165, 1.54) is 5.56 Å². The van der Waals surface area contributed by atoms with Crippen LogP contribution in [0.4, 0.5) is 11.4 Å². The first-order chi connectivity index (χ1) is 16.5. The molecular weight excluding hydrogens is 442 g/mol. The van der Waals surface area contributed by atoms with E-state index in [1.807, 2.05) is 55.6 Å². The molecule has 3 N–H and O–H groups in total. The van der Waals surface area contributed by atoms with Crippen LogP contribution in [0.15, 0.2) is 78.3 Å². The predicted molar refractivity (Wildman–Crippen MR) is 136 cm³/mol. The number of nitrogens with zero attached hydrogens (tertiary/aromatic N) is 3. The summed E-state index contributed by atoms with van der Waals surface area (Å²) < 4.78 is 2.10. The molecule has 2 aromatic carbocycles. The van der Waals surface area contributed by atoms with Crippen LogP contribution >= 0.6 is 11.3 Å². The van der Waals surface area contributed by atoms with Crippen LogP contribution in [0.1, 0.15) is 39.5 Å². The number of hydrogen-bond donors (Lipinski definition) is 2. The molecule has 5 aromatic rings. The lowest BCUT2D eigenvalue weighted by Gasteiger charge is -2.14. The largest absolute Gasteiger partial charge is 0.397 e. The van der Waals surface area contributed by atoms with Crippen molar-refractivity contribution in [1.82, 2.24) is 14.4 Å². The summed E-state index contributed by atoms with van der Waals surface area (Å²) in [5.74, 6) is -0.172. The van der Waals surface area contributed by atoms with Gasteiger partial charge in [-0.05, 0) is 61.7 Å². The Morgan fingerprint density at radius 1 is 1.03 bits per heavy atom. The molecule has 0 bridgehead atoms. The van der Waals surface area contributed by atoms with Gasteiger partial charge in [0, 0.05) is 22.6 Å². The number of carbonyl (C=O) groups is 1. The number of thiazole rings is 1. The van der Waals surface area contributed by atoms with Gasteiger partial charge in [0.25, 0.3) is 5.91 Å². The van der Waals surface area contributed by atoms with Crippen LogP contribution in [0.25, 0.3) is 17.0 Å². The van der Waals surface area contributed by atoms with Crippen LogP contribution in [-0.2, 0) is 5.41 Å². The number of amides is 1. The molecule has 6 nitrogen and oxygen atoms in total. The monoisotopic (exact) mass is 465 g/mol. The van der Waals surface area contributed by atoms with Crippen LogP contribution < -0.4 is 11.1 Å². The van der Waals surface area contributed by atoms with E-state index in [0.29, 0.717) is 16.9 Å². The quantitative estimate of drug-likeness (QED) is 0.327. The Kier molecular flexibility index (Phi) is 4.74. The van der Waals surface area contributed by atoms with Crippen LogP contribution in [0.2, 0.25) is 0 Å². The minimum absolute atomic E-state index is 0.0732. The van der Waals surface area contributed by atoms with Gasteiger partial charge in [0.05, 0.1) is 22.8 Å². The van der Waals surface area contributed by atoms with Gasteiger partial charge in [0.2, 0.25) is 0 Å². The van der Waals surface area contributed by atoms with Crippen LogP contribution in [-0.4, -0.2) is 20.3 Å². The smallest absolute Gasteiger partial charge is 0.255 e. The number of anilines is 2. The lowest BCUT2D eigenvalue weighted by Crippen LogP contribution is -2.14. The second-order valence-corrected chi connectivity index (χ2v) is 9.57. The highest BCUT2D eigenvalue weighted by atomic mass is 32.1. The Labute approximate surface area is 201 Å². The van der Waals surface area contributed by atoms with E-state index in [0.717, 1.165) is 40.6 Å². The number of imidazole rings is 1. The molecule has 0 radical (unpaired) electrons. The minimum atomic E-state index is -0.172. The Morgan fingerprint density at radius 3 is 2.56 bits per heavy atom. The van der Waals surface area contributed by atoms with E-state index in [-0.39, 0.29) is 11.3 Å². The summed E-state index contributed by atoms with van der Waals surface area (Å²) in [7, 11) is 0. The number of rotatable bonds is 5. The molecule has 0 aliphatic heterocycles. The van der Waals surface area contributed by atoms with Crippen molar-refractivity contribution in [3.63, 3.8) is 0 Å². The number of nitrogen functional groups attached to an aromatic ring is 1. The van der Waals surface area contributed by atoms with Crippen LogP contribution in [0.3, 0.4) is 0 Å². The zero-order valence-electron chi connectivity index (χ0n) is 18.7. The zero-order valence-corrected chi connectivity index (χ0v) is 19.5. The molecule has 6 rings (SSSR count). The predicted octanol–water partition coefficient (Wildman–Crippen LogP) is 5.68. The number of pyridine rings is 1. The topological polar surface area (TPSA) is 85.3 Å². The zero-order chi connectivity index (χ0) is 23.3. The van der Waals surface area contributed by atoms with Crippen molar-refractivity contribution in [2.45, 2.75) is 25.2 Å². The summed E-state index contributed by atoms with van der Waals surface area (Å²) in [6, 6.07) is 21.1. The highest BCUT2D eigenvalue weighted by Gasteiger charge is 2.48. The summed E-state index contributed by atoms with van der Waals surface area (Å²) in [6.07, 6.45) is 4.14. The Morgan fingerprint density at radius 2 is 1.79 bits per heavy atom. The molecule has 0 atom stereocenters. The first-order valence-electron chi connectivity index (χ1n) is 11.2. The second kappa shape index (κ2) is 7.81. The number of fused-ring (bicyclic) bond motifs is 1. The molecule has 34 heavy (non-hydrogen) atoms. The summed E-state index contributed by atoms with van der Waals surface area (Å²) in [5, 5.41) is 6.13. The fraction of sp³-hybridized carbons (Fsp3) is 0.148. The third kappa shape index (κ3) is 3.36. The van der Waals surface area contributed by atoms with Gasteiger partial charge in [-0.1, -0.05) is 30.3 Å². The highest BCUT2D eigenvalue weighted by Crippen LogP contribution is 2.54. The average Bonchev–Trinajstić information content (AvgIpc) is 3.39. The van der Waals surface area contributed by atoms with Gasteiger partial charge < -0.3 is 11.1 Å². The van der Waals surface area contributed by atoms with E-state index < -0.39 is 0 Å². The molecule has 1 aliphatic rings. The lowest BCUT2D eigenvalue weighted by molar-refractivity contribution is 0.102. The standard InChI is InChI=1S/C27H23N5OS/c1-17-24(32-15-5-4-8-23(32)29-17)22-16-34-26(31-22)27(13-14-27)19-11-9-18(10-12-19)25(33)30-21-7-3-2-6-20(21)28/h2-12,15-16H,13-14,28H2,1H3,(H,30,33). The second-order valence-electron chi connectivity index (χ2n) is 8.71. The van der Waals surface area contributed by atoms with Crippen molar-refractivity contribution < 1.29 is 4.79 Å². The molecule has 1 amide bonds. The van der Waals surface area contributed by atoms with Crippen molar-refractivity contribution in [1.29, 1.82) is 0 Å².